The highest BCUT2D eigenvalue weighted by Gasteiger charge is 2.30. The Morgan fingerprint density at radius 2 is 1.95 bits per heavy atom. The molecular formula is C16H30N2O3. The lowest BCUT2D eigenvalue weighted by atomic mass is 9.84. The van der Waals surface area contributed by atoms with Crippen LogP contribution in [0.4, 0.5) is 4.79 Å². The molecule has 2 amide bonds. The van der Waals surface area contributed by atoms with Crippen LogP contribution < -0.4 is 5.32 Å². The summed E-state index contributed by atoms with van der Waals surface area (Å²) in [6, 6.07) is -0.136. The molecule has 0 aromatic heterocycles. The average Bonchev–Trinajstić information content (AvgIpc) is 2.31. The highest BCUT2D eigenvalue weighted by Crippen LogP contribution is 2.28. The van der Waals surface area contributed by atoms with Gasteiger partial charge in [-0.2, -0.15) is 0 Å². The number of piperidine rings is 1. The van der Waals surface area contributed by atoms with Crippen molar-refractivity contribution in [2.45, 2.75) is 53.9 Å². The zero-order chi connectivity index (χ0) is 16.3. The molecule has 0 spiro atoms. The molecule has 1 atom stereocenters. The summed E-state index contributed by atoms with van der Waals surface area (Å²) >= 11 is 0. The minimum Gasteiger partial charge on any atom is -0.481 e. The lowest BCUT2D eigenvalue weighted by molar-refractivity contribution is -0.142. The van der Waals surface area contributed by atoms with Gasteiger partial charge in [-0.15, -0.1) is 0 Å². The van der Waals surface area contributed by atoms with Crippen LogP contribution in [-0.2, 0) is 4.79 Å². The Morgan fingerprint density at radius 3 is 2.43 bits per heavy atom. The number of hydrogen-bond donors (Lipinski definition) is 2. The van der Waals surface area contributed by atoms with Gasteiger partial charge in [-0.05, 0) is 30.1 Å². The number of nitrogens with zero attached hydrogens (tertiary/aromatic N) is 1. The van der Waals surface area contributed by atoms with Gasteiger partial charge in [0.2, 0.25) is 0 Å². The molecule has 0 aliphatic carbocycles. The lowest BCUT2D eigenvalue weighted by Gasteiger charge is -2.38. The maximum Gasteiger partial charge on any atom is 0.317 e. The van der Waals surface area contributed by atoms with E-state index < -0.39 is 11.9 Å². The van der Waals surface area contributed by atoms with Crippen LogP contribution in [0.15, 0.2) is 0 Å². The first-order valence-corrected chi connectivity index (χ1v) is 7.76. The van der Waals surface area contributed by atoms with Crippen LogP contribution >= 0.6 is 0 Å². The van der Waals surface area contributed by atoms with Crippen LogP contribution in [-0.4, -0.2) is 41.6 Å². The van der Waals surface area contributed by atoms with Crippen LogP contribution in [0.25, 0.3) is 0 Å². The highest BCUT2D eigenvalue weighted by atomic mass is 16.4. The van der Waals surface area contributed by atoms with Crippen molar-refractivity contribution in [2.75, 3.05) is 19.6 Å². The molecule has 1 saturated heterocycles. The van der Waals surface area contributed by atoms with E-state index in [1.165, 1.54) is 0 Å². The Bertz CT molecular complexity index is 385. The highest BCUT2D eigenvalue weighted by molar-refractivity contribution is 5.76. The van der Waals surface area contributed by atoms with Gasteiger partial charge in [0.15, 0.2) is 0 Å². The minimum absolute atomic E-state index is 0.0686. The van der Waals surface area contributed by atoms with Crippen LogP contribution in [0.3, 0.4) is 0 Å². The van der Waals surface area contributed by atoms with Crippen LogP contribution in [0.5, 0.6) is 0 Å². The van der Waals surface area contributed by atoms with Crippen molar-refractivity contribution in [1.82, 2.24) is 10.2 Å². The smallest absolute Gasteiger partial charge is 0.317 e. The summed E-state index contributed by atoms with van der Waals surface area (Å²) in [5.74, 6) is -1.38. The van der Waals surface area contributed by atoms with Gasteiger partial charge in [0.1, 0.15) is 0 Å². The molecule has 1 aliphatic heterocycles. The molecule has 1 heterocycles. The van der Waals surface area contributed by atoms with Crippen LogP contribution in [0, 0.1) is 16.7 Å². The number of carboxylic acids is 1. The number of likely N-dealkylation sites (tertiary alicyclic amines) is 1. The fourth-order valence-corrected chi connectivity index (χ4v) is 2.90. The zero-order valence-electron chi connectivity index (χ0n) is 14.0. The number of rotatable bonds is 4. The molecule has 0 saturated carbocycles. The standard InChI is InChI=1S/C16H30N2O3/c1-15(2,3)9-12(13(19)20)10-17-14(21)18-8-6-7-16(4,5)11-18/h12H,6-11H2,1-5H3,(H,17,21)(H,19,20). The van der Waals surface area contributed by atoms with Crippen molar-refractivity contribution in [3.8, 4) is 0 Å². The van der Waals surface area contributed by atoms with Crippen LogP contribution in [0.1, 0.15) is 53.9 Å². The minimum atomic E-state index is -0.843. The second-order valence-electron chi connectivity index (χ2n) is 8.18. The fourth-order valence-electron chi connectivity index (χ4n) is 2.90. The van der Waals surface area contributed by atoms with Gasteiger partial charge >= 0.3 is 12.0 Å². The molecule has 5 nitrogen and oxygen atoms in total. The predicted octanol–water partition coefficient (Wildman–Crippen LogP) is 2.96. The van der Waals surface area contributed by atoms with Crippen molar-refractivity contribution >= 4 is 12.0 Å². The summed E-state index contributed by atoms with van der Waals surface area (Å²) in [4.78, 5) is 25.3. The molecule has 5 heteroatoms. The van der Waals surface area contributed by atoms with Crippen molar-refractivity contribution in [1.29, 1.82) is 0 Å². The number of aliphatic carboxylic acids is 1. The van der Waals surface area contributed by atoms with Gasteiger partial charge in [-0.25, -0.2) is 4.79 Å². The summed E-state index contributed by atoms with van der Waals surface area (Å²) < 4.78 is 0. The second-order valence-corrected chi connectivity index (χ2v) is 8.18. The van der Waals surface area contributed by atoms with E-state index in [9.17, 15) is 14.7 Å². The zero-order valence-corrected chi connectivity index (χ0v) is 14.0. The topological polar surface area (TPSA) is 69.6 Å². The fraction of sp³-hybridized carbons (Fsp3) is 0.875. The van der Waals surface area contributed by atoms with E-state index in [2.05, 4.69) is 19.2 Å². The number of urea groups is 1. The van der Waals surface area contributed by atoms with E-state index in [1.54, 1.807) is 4.90 Å². The maximum absolute atomic E-state index is 12.2. The lowest BCUT2D eigenvalue weighted by Crippen LogP contribution is -2.49. The van der Waals surface area contributed by atoms with Gasteiger partial charge < -0.3 is 15.3 Å². The van der Waals surface area contributed by atoms with Gasteiger partial charge in [0.25, 0.3) is 0 Å². The largest absolute Gasteiger partial charge is 0.481 e. The third-order valence-corrected chi connectivity index (χ3v) is 3.90. The third-order valence-electron chi connectivity index (χ3n) is 3.90. The van der Waals surface area contributed by atoms with Crippen molar-refractivity contribution in [3.05, 3.63) is 0 Å². The van der Waals surface area contributed by atoms with E-state index in [1.807, 2.05) is 20.8 Å². The van der Waals surface area contributed by atoms with E-state index in [0.717, 1.165) is 25.9 Å². The summed E-state index contributed by atoms with van der Waals surface area (Å²) in [5.41, 5.74) is 0.0775. The maximum atomic E-state index is 12.2. The van der Waals surface area contributed by atoms with Gasteiger partial charge in [-0.3, -0.25) is 4.79 Å². The first kappa shape index (κ1) is 17.8. The molecule has 1 unspecified atom stereocenters. The number of carbonyl (C=O) groups is 2. The first-order valence-electron chi connectivity index (χ1n) is 7.76. The summed E-state index contributed by atoms with van der Waals surface area (Å²) in [6.45, 7) is 12.0. The number of carboxylic acid groups (broad SMARTS) is 1. The van der Waals surface area contributed by atoms with E-state index in [4.69, 9.17) is 0 Å². The SMILES string of the molecule is CC(C)(C)CC(CNC(=O)N1CCCC(C)(C)C1)C(=O)O. The Balaban J connectivity index is 2.52. The Labute approximate surface area is 128 Å². The normalized spacial score (nSPS) is 20.0. The molecule has 1 rings (SSSR count). The Morgan fingerprint density at radius 1 is 1.33 bits per heavy atom. The van der Waals surface area contributed by atoms with Crippen molar-refractivity contribution < 1.29 is 14.7 Å². The first-order chi connectivity index (χ1) is 9.50. The average molecular weight is 298 g/mol. The van der Waals surface area contributed by atoms with Crippen molar-refractivity contribution in [2.24, 2.45) is 16.7 Å². The summed E-state index contributed by atoms with van der Waals surface area (Å²) in [5, 5.41) is 12.1. The second kappa shape index (κ2) is 6.67. The third kappa shape index (κ3) is 6.36. The molecule has 0 bridgehead atoms. The molecule has 21 heavy (non-hydrogen) atoms. The molecule has 0 radical (unpaired) electrons. The van der Waals surface area contributed by atoms with Gasteiger partial charge in [0, 0.05) is 19.6 Å². The molecule has 0 aromatic rings. The van der Waals surface area contributed by atoms with Crippen molar-refractivity contribution in [3.63, 3.8) is 0 Å². The van der Waals surface area contributed by atoms with Crippen LogP contribution in [0.2, 0.25) is 0 Å². The number of amides is 2. The number of nitrogens with one attached hydrogen (secondary N) is 1. The molecule has 2 N–H and O–H groups in total. The van der Waals surface area contributed by atoms with Gasteiger partial charge in [-0.1, -0.05) is 34.6 Å². The quantitative estimate of drug-likeness (QED) is 0.838. The van der Waals surface area contributed by atoms with E-state index in [-0.39, 0.29) is 23.4 Å². The molecule has 1 fully saturated rings. The molecule has 1 aliphatic rings. The summed E-state index contributed by atoms with van der Waals surface area (Å²) in [7, 11) is 0. The van der Waals surface area contributed by atoms with Gasteiger partial charge in [0.05, 0.1) is 5.92 Å². The molecule has 122 valence electrons. The molecular weight excluding hydrogens is 268 g/mol. The van der Waals surface area contributed by atoms with E-state index in [0.29, 0.717) is 6.42 Å². The molecule has 0 aromatic carbocycles. The summed E-state index contributed by atoms with van der Waals surface area (Å²) in [6.07, 6.45) is 2.68. The number of hydrogen-bond acceptors (Lipinski definition) is 2. The monoisotopic (exact) mass is 298 g/mol. The predicted molar refractivity (Wildman–Crippen MR) is 83.2 cm³/mol. The Hall–Kier alpha value is -1.26. The Kier molecular flexibility index (Phi) is 5.65. The van der Waals surface area contributed by atoms with E-state index >= 15 is 0 Å². The number of carbonyl (C=O) groups excluding carboxylic acids is 1.